The summed E-state index contributed by atoms with van der Waals surface area (Å²) in [6, 6.07) is 9.74. The Labute approximate surface area is 132 Å². The average molecular weight is 378 g/mol. The van der Waals surface area contributed by atoms with Crippen molar-refractivity contribution in [3.05, 3.63) is 68.7 Å². The lowest BCUT2D eigenvalue weighted by molar-refractivity contribution is -0.137. The molecule has 6 heteroatoms. The first-order valence-electron chi connectivity index (χ1n) is 5.92. The van der Waals surface area contributed by atoms with Crippen LogP contribution in [0.3, 0.4) is 0 Å². The van der Waals surface area contributed by atoms with Gasteiger partial charge in [-0.25, -0.2) is 0 Å². The highest BCUT2D eigenvalue weighted by Gasteiger charge is 2.31. The zero-order valence-corrected chi connectivity index (χ0v) is 12.9. The minimum Gasteiger partial charge on any atom is -0.294 e. The van der Waals surface area contributed by atoms with Crippen molar-refractivity contribution in [1.82, 2.24) is 0 Å². The smallest absolute Gasteiger partial charge is 0.294 e. The summed E-state index contributed by atoms with van der Waals surface area (Å²) in [7, 11) is 0. The Balaban J connectivity index is 2.33. The van der Waals surface area contributed by atoms with E-state index in [2.05, 4.69) is 15.9 Å². The Morgan fingerprint density at radius 1 is 1.14 bits per heavy atom. The number of Topliss-reactive ketones (excluding diaryl/α,β-unsaturated/α-hetero) is 1. The minimum absolute atomic E-state index is 0.00950. The second kappa shape index (κ2) is 6.20. The van der Waals surface area contributed by atoms with Gasteiger partial charge in [-0.2, -0.15) is 13.2 Å². The molecule has 21 heavy (non-hydrogen) atoms. The normalized spacial score (nSPS) is 11.5. The van der Waals surface area contributed by atoms with Gasteiger partial charge in [0.1, 0.15) is 0 Å². The lowest BCUT2D eigenvalue weighted by Crippen LogP contribution is -2.10. The van der Waals surface area contributed by atoms with Crippen LogP contribution in [0.1, 0.15) is 21.5 Å². The first-order chi connectivity index (χ1) is 9.79. The molecule has 0 bridgehead atoms. The SMILES string of the molecule is O=C(Cc1ccccc1Cl)c1cc(C(F)(F)F)ccc1Br. The largest absolute Gasteiger partial charge is 0.416 e. The lowest BCUT2D eigenvalue weighted by atomic mass is 10.0. The number of rotatable bonds is 3. The number of ketones is 1. The van der Waals surface area contributed by atoms with E-state index in [1.54, 1.807) is 24.3 Å². The van der Waals surface area contributed by atoms with Gasteiger partial charge < -0.3 is 0 Å². The summed E-state index contributed by atoms with van der Waals surface area (Å²) in [5.74, 6) is -0.430. The van der Waals surface area contributed by atoms with Crippen molar-refractivity contribution < 1.29 is 18.0 Å². The summed E-state index contributed by atoms with van der Waals surface area (Å²) >= 11 is 9.06. The summed E-state index contributed by atoms with van der Waals surface area (Å²) in [6.07, 6.45) is -4.54. The van der Waals surface area contributed by atoms with E-state index in [1.165, 1.54) is 6.07 Å². The number of alkyl halides is 3. The quantitative estimate of drug-likeness (QED) is 0.641. The van der Waals surface area contributed by atoms with Crippen LogP contribution in [-0.2, 0) is 12.6 Å². The van der Waals surface area contributed by atoms with Gasteiger partial charge in [0.25, 0.3) is 0 Å². The van der Waals surface area contributed by atoms with Crippen molar-refractivity contribution in [2.75, 3.05) is 0 Å². The molecule has 0 spiro atoms. The molecule has 2 rings (SSSR count). The van der Waals surface area contributed by atoms with Crippen LogP contribution in [0.4, 0.5) is 13.2 Å². The summed E-state index contributed by atoms with van der Waals surface area (Å²) in [5, 5.41) is 0.411. The van der Waals surface area contributed by atoms with Crippen molar-refractivity contribution >= 4 is 33.3 Å². The fraction of sp³-hybridized carbons (Fsp3) is 0.133. The molecule has 0 unspecified atom stereocenters. The van der Waals surface area contributed by atoms with Crippen LogP contribution in [-0.4, -0.2) is 5.78 Å². The van der Waals surface area contributed by atoms with Crippen molar-refractivity contribution in [3.63, 3.8) is 0 Å². The Kier molecular flexibility index (Phi) is 4.74. The molecule has 110 valence electrons. The average Bonchev–Trinajstić information content (AvgIpc) is 2.40. The molecular formula is C15H9BrClF3O. The molecular weight excluding hydrogens is 369 g/mol. The van der Waals surface area contributed by atoms with Crippen molar-refractivity contribution in [2.24, 2.45) is 0 Å². The van der Waals surface area contributed by atoms with Crippen LogP contribution in [0.2, 0.25) is 5.02 Å². The van der Waals surface area contributed by atoms with Crippen LogP contribution >= 0.6 is 27.5 Å². The third-order valence-corrected chi connectivity index (χ3v) is 3.96. The highest BCUT2D eigenvalue weighted by atomic mass is 79.9. The standard InChI is InChI=1S/C15H9BrClF3O/c16-12-6-5-10(15(18,19)20)8-11(12)14(21)7-9-3-1-2-4-13(9)17/h1-6,8H,7H2. The second-order valence-corrected chi connectivity index (χ2v) is 5.65. The van der Waals surface area contributed by atoms with Gasteiger partial charge in [0, 0.05) is 21.5 Å². The van der Waals surface area contributed by atoms with Gasteiger partial charge in [0.15, 0.2) is 5.78 Å². The molecule has 2 aromatic rings. The third kappa shape index (κ3) is 3.86. The summed E-state index contributed by atoms with van der Waals surface area (Å²) in [4.78, 5) is 12.2. The van der Waals surface area contributed by atoms with Gasteiger partial charge >= 0.3 is 6.18 Å². The first-order valence-corrected chi connectivity index (χ1v) is 7.09. The maximum atomic E-state index is 12.7. The Hall–Kier alpha value is -1.33. The van der Waals surface area contributed by atoms with E-state index >= 15 is 0 Å². The van der Waals surface area contributed by atoms with E-state index in [0.717, 1.165) is 12.1 Å². The van der Waals surface area contributed by atoms with E-state index < -0.39 is 17.5 Å². The molecule has 0 aromatic heterocycles. The van der Waals surface area contributed by atoms with Gasteiger partial charge in [0.05, 0.1) is 5.56 Å². The maximum absolute atomic E-state index is 12.7. The van der Waals surface area contributed by atoms with E-state index in [0.29, 0.717) is 15.1 Å². The summed E-state index contributed by atoms with van der Waals surface area (Å²) in [6.45, 7) is 0. The molecule has 0 N–H and O–H groups in total. The zero-order chi connectivity index (χ0) is 15.6. The van der Waals surface area contributed by atoms with Crippen LogP contribution < -0.4 is 0 Å². The topological polar surface area (TPSA) is 17.1 Å². The van der Waals surface area contributed by atoms with E-state index in [1.807, 2.05) is 0 Å². The van der Waals surface area contributed by atoms with E-state index in [-0.39, 0.29) is 12.0 Å². The molecule has 0 aliphatic carbocycles. The fourth-order valence-corrected chi connectivity index (χ4v) is 2.50. The molecule has 0 aliphatic heterocycles. The number of carbonyl (C=O) groups is 1. The maximum Gasteiger partial charge on any atom is 0.416 e. The molecule has 0 saturated carbocycles. The van der Waals surface area contributed by atoms with Crippen molar-refractivity contribution in [2.45, 2.75) is 12.6 Å². The van der Waals surface area contributed by atoms with Crippen LogP contribution in [0.25, 0.3) is 0 Å². The highest BCUT2D eigenvalue weighted by Crippen LogP contribution is 2.32. The number of hydrogen-bond donors (Lipinski definition) is 0. The molecule has 0 heterocycles. The number of benzene rings is 2. The van der Waals surface area contributed by atoms with Gasteiger partial charge in [-0.3, -0.25) is 4.79 Å². The third-order valence-electron chi connectivity index (χ3n) is 2.90. The molecule has 2 aromatic carbocycles. The number of halogens is 5. The lowest BCUT2D eigenvalue weighted by Gasteiger charge is -2.10. The molecule has 0 amide bonds. The molecule has 0 saturated heterocycles. The van der Waals surface area contributed by atoms with Crippen LogP contribution in [0.15, 0.2) is 46.9 Å². The molecule has 0 fully saturated rings. The number of carbonyl (C=O) groups excluding carboxylic acids is 1. The predicted octanol–water partition coefficient (Wildman–Crippen LogP) is 5.55. The monoisotopic (exact) mass is 376 g/mol. The first kappa shape index (κ1) is 16.0. The van der Waals surface area contributed by atoms with Crippen LogP contribution in [0.5, 0.6) is 0 Å². The van der Waals surface area contributed by atoms with Crippen molar-refractivity contribution in [1.29, 1.82) is 0 Å². The predicted molar refractivity (Wildman–Crippen MR) is 78.6 cm³/mol. The summed E-state index contributed by atoms with van der Waals surface area (Å²) in [5.41, 5.74) is -0.286. The molecule has 0 radical (unpaired) electrons. The van der Waals surface area contributed by atoms with E-state index in [9.17, 15) is 18.0 Å². The van der Waals surface area contributed by atoms with E-state index in [4.69, 9.17) is 11.6 Å². The fourth-order valence-electron chi connectivity index (χ4n) is 1.83. The second-order valence-electron chi connectivity index (χ2n) is 4.38. The Morgan fingerprint density at radius 2 is 1.81 bits per heavy atom. The van der Waals surface area contributed by atoms with Gasteiger partial charge in [-0.05, 0) is 29.8 Å². The van der Waals surface area contributed by atoms with Crippen molar-refractivity contribution in [3.8, 4) is 0 Å². The Bertz CT molecular complexity index is 683. The Morgan fingerprint density at radius 3 is 2.43 bits per heavy atom. The molecule has 1 nitrogen and oxygen atoms in total. The van der Waals surface area contributed by atoms with Crippen LogP contribution in [0, 0.1) is 0 Å². The van der Waals surface area contributed by atoms with Gasteiger partial charge in [-0.1, -0.05) is 45.7 Å². The summed E-state index contributed by atoms with van der Waals surface area (Å²) < 4.78 is 38.4. The minimum atomic E-state index is -4.49. The molecule has 0 atom stereocenters. The highest BCUT2D eigenvalue weighted by molar-refractivity contribution is 9.10. The van der Waals surface area contributed by atoms with Gasteiger partial charge in [-0.15, -0.1) is 0 Å². The van der Waals surface area contributed by atoms with Gasteiger partial charge in [0.2, 0.25) is 0 Å². The molecule has 0 aliphatic rings. The zero-order valence-electron chi connectivity index (χ0n) is 10.5. The number of hydrogen-bond acceptors (Lipinski definition) is 1.